The van der Waals surface area contributed by atoms with E-state index in [0.717, 1.165) is 12.2 Å². The first-order valence-electron chi connectivity index (χ1n) is 5.02. The van der Waals surface area contributed by atoms with Gasteiger partial charge in [-0.2, -0.15) is 0 Å². The molecule has 0 fully saturated rings. The van der Waals surface area contributed by atoms with Gasteiger partial charge in [0.15, 0.2) is 0 Å². The molecule has 3 nitrogen and oxygen atoms in total. The predicted molar refractivity (Wildman–Crippen MR) is 62.9 cm³/mol. The third-order valence-electron chi connectivity index (χ3n) is 1.97. The number of rotatable bonds is 3. The highest BCUT2D eigenvalue weighted by molar-refractivity contribution is 5.93. The van der Waals surface area contributed by atoms with E-state index in [-0.39, 0.29) is 5.41 Å². The van der Waals surface area contributed by atoms with Crippen LogP contribution in [0, 0.1) is 5.41 Å². The summed E-state index contributed by atoms with van der Waals surface area (Å²) < 4.78 is 0. The van der Waals surface area contributed by atoms with E-state index in [1.807, 2.05) is 12.1 Å². The molecule has 0 bridgehead atoms. The molecule has 0 atom stereocenters. The van der Waals surface area contributed by atoms with Gasteiger partial charge in [-0.1, -0.05) is 26.8 Å². The van der Waals surface area contributed by atoms with Crippen molar-refractivity contribution in [2.75, 3.05) is 11.9 Å². The molecule has 15 heavy (non-hydrogen) atoms. The molecule has 0 aliphatic carbocycles. The smallest absolute Gasteiger partial charge is 0.248 e. The van der Waals surface area contributed by atoms with E-state index < -0.39 is 5.91 Å². The molecule has 1 amide bonds. The number of carbonyl (C=O) groups is 1. The Bertz CT molecular complexity index is 353. The summed E-state index contributed by atoms with van der Waals surface area (Å²) in [5.41, 5.74) is 6.88. The topological polar surface area (TPSA) is 55.1 Å². The maximum atomic E-state index is 10.9. The normalized spacial score (nSPS) is 11.1. The molecule has 82 valence electrons. The lowest BCUT2D eigenvalue weighted by Crippen LogP contribution is -2.19. The first-order valence-corrected chi connectivity index (χ1v) is 5.02. The van der Waals surface area contributed by atoms with Crippen LogP contribution in [0.3, 0.4) is 0 Å². The van der Waals surface area contributed by atoms with Gasteiger partial charge in [-0.15, -0.1) is 0 Å². The molecular formula is C12H18N2O. The average Bonchev–Trinajstić information content (AvgIpc) is 2.14. The number of amides is 1. The summed E-state index contributed by atoms with van der Waals surface area (Å²) in [4.78, 5) is 10.9. The summed E-state index contributed by atoms with van der Waals surface area (Å²) in [5, 5.41) is 3.27. The summed E-state index contributed by atoms with van der Waals surface area (Å²) >= 11 is 0. The van der Waals surface area contributed by atoms with Gasteiger partial charge >= 0.3 is 0 Å². The molecule has 1 aromatic carbocycles. The average molecular weight is 206 g/mol. The Labute approximate surface area is 90.7 Å². The number of hydrogen-bond acceptors (Lipinski definition) is 2. The van der Waals surface area contributed by atoms with E-state index >= 15 is 0 Å². The van der Waals surface area contributed by atoms with Crippen LogP contribution in [0.25, 0.3) is 0 Å². The second-order valence-electron chi connectivity index (χ2n) is 4.86. The van der Waals surface area contributed by atoms with Crippen molar-refractivity contribution in [1.82, 2.24) is 0 Å². The van der Waals surface area contributed by atoms with Crippen LogP contribution in [0.1, 0.15) is 31.1 Å². The molecule has 0 aliphatic heterocycles. The highest BCUT2D eigenvalue weighted by atomic mass is 16.1. The van der Waals surface area contributed by atoms with Gasteiger partial charge < -0.3 is 11.1 Å². The minimum absolute atomic E-state index is 0.211. The molecule has 3 heteroatoms. The van der Waals surface area contributed by atoms with E-state index in [9.17, 15) is 4.79 Å². The monoisotopic (exact) mass is 206 g/mol. The lowest BCUT2D eigenvalue weighted by molar-refractivity contribution is 0.100. The second-order valence-corrected chi connectivity index (χ2v) is 4.86. The van der Waals surface area contributed by atoms with Crippen molar-refractivity contribution in [3.63, 3.8) is 0 Å². The molecule has 1 rings (SSSR count). The Balaban J connectivity index is 2.70. The summed E-state index contributed by atoms with van der Waals surface area (Å²) in [7, 11) is 0. The fourth-order valence-electron chi connectivity index (χ4n) is 1.15. The van der Waals surface area contributed by atoms with Crippen LogP contribution in [-0.2, 0) is 0 Å². The zero-order valence-corrected chi connectivity index (χ0v) is 9.50. The van der Waals surface area contributed by atoms with Crippen molar-refractivity contribution in [3.8, 4) is 0 Å². The quantitative estimate of drug-likeness (QED) is 0.797. The van der Waals surface area contributed by atoms with Crippen LogP contribution in [0.15, 0.2) is 24.3 Å². The van der Waals surface area contributed by atoms with Crippen molar-refractivity contribution >= 4 is 11.6 Å². The molecule has 0 saturated heterocycles. The number of nitrogens with one attached hydrogen (secondary N) is 1. The lowest BCUT2D eigenvalue weighted by atomic mass is 9.97. The van der Waals surface area contributed by atoms with Gasteiger partial charge in [-0.25, -0.2) is 0 Å². The summed E-state index contributed by atoms with van der Waals surface area (Å²) in [6.45, 7) is 7.31. The molecule has 0 aromatic heterocycles. The number of hydrogen-bond donors (Lipinski definition) is 2. The Morgan fingerprint density at radius 1 is 1.40 bits per heavy atom. The summed E-state index contributed by atoms with van der Waals surface area (Å²) in [5.74, 6) is -0.394. The maximum Gasteiger partial charge on any atom is 0.248 e. The van der Waals surface area contributed by atoms with Crippen LogP contribution >= 0.6 is 0 Å². The van der Waals surface area contributed by atoms with Crippen LogP contribution in [0.2, 0.25) is 0 Å². The van der Waals surface area contributed by atoms with Gasteiger partial charge in [0, 0.05) is 17.8 Å². The van der Waals surface area contributed by atoms with E-state index in [4.69, 9.17) is 5.73 Å². The molecule has 1 aromatic rings. The molecule has 0 spiro atoms. The molecule has 0 saturated carbocycles. The van der Waals surface area contributed by atoms with Crippen molar-refractivity contribution < 1.29 is 4.79 Å². The first-order chi connectivity index (χ1) is 6.88. The molecular weight excluding hydrogens is 188 g/mol. The van der Waals surface area contributed by atoms with Gasteiger partial charge in [-0.3, -0.25) is 4.79 Å². The van der Waals surface area contributed by atoms with E-state index in [2.05, 4.69) is 26.1 Å². The van der Waals surface area contributed by atoms with Crippen molar-refractivity contribution in [3.05, 3.63) is 29.8 Å². The minimum atomic E-state index is -0.394. The molecule has 0 radical (unpaired) electrons. The largest absolute Gasteiger partial charge is 0.385 e. The maximum absolute atomic E-state index is 10.9. The Kier molecular flexibility index (Phi) is 3.35. The van der Waals surface area contributed by atoms with Crippen LogP contribution in [-0.4, -0.2) is 12.5 Å². The lowest BCUT2D eigenvalue weighted by Gasteiger charge is -2.19. The zero-order valence-electron chi connectivity index (χ0n) is 9.50. The number of carbonyl (C=O) groups excluding carboxylic acids is 1. The van der Waals surface area contributed by atoms with Crippen molar-refractivity contribution in [1.29, 1.82) is 0 Å². The zero-order chi connectivity index (χ0) is 11.5. The van der Waals surface area contributed by atoms with Crippen molar-refractivity contribution in [2.45, 2.75) is 20.8 Å². The number of primary amides is 1. The van der Waals surface area contributed by atoms with E-state index in [1.54, 1.807) is 12.1 Å². The molecule has 0 aliphatic rings. The molecule has 0 heterocycles. The predicted octanol–water partition coefficient (Wildman–Crippen LogP) is 2.24. The first kappa shape index (κ1) is 11.6. The van der Waals surface area contributed by atoms with Gasteiger partial charge in [0.2, 0.25) is 5.91 Å². The SMILES string of the molecule is CC(C)(C)CNc1cccc(C(N)=O)c1. The van der Waals surface area contributed by atoms with Gasteiger partial charge in [0.25, 0.3) is 0 Å². The van der Waals surface area contributed by atoms with E-state index in [0.29, 0.717) is 5.56 Å². The molecule has 0 unspecified atom stereocenters. The Morgan fingerprint density at radius 3 is 2.60 bits per heavy atom. The van der Waals surface area contributed by atoms with Gasteiger partial charge in [0.1, 0.15) is 0 Å². The number of anilines is 1. The summed E-state index contributed by atoms with van der Waals surface area (Å²) in [6, 6.07) is 7.24. The minimum Gasteiger partial charge on any atom is -0.385 e. The van der Waals surface area contributed by atoms with Gasteiger partial charge in [0.05, 0.1) is 0 Å². The number of benzene rings is 1. The second kappa shape index (κ2) is 4.34. The fraction of sp³-hybridized carbons (Fsp3) is 0.417. The van der Waals surface area contributed by atoms with Crippen LogP contribution < -0.4 is 11.1 Å². The highest BCUT2D eigenvalue weighted by Gasteiger charge is 2.09. The molecule has 3 N–H and O–H groups in total. The Morgan fingerprint density at radius 2 is 2.07 bits per heavy atom. The standard InChI is InChI=1S/C12H18N2O/c1-12(2,3)8-14-10-6-4-5-9(7-10)11(13)15/h4-7,14H,8H2,1-3H3,(H2,13,15). The number of nitrogens with two attached hydrogens (primary N) is 1. The van der Waals surface area contributed by atoms with Crippen LogP contribution in [0.5, 0.6) is 0 Å². The highest BCUT2D eigenvalue weighted by Crippen LogP contribution is 2.16. The van der Waals surface area contributed by atoms with Crippen molar-refractivity contribution in [2.24, 2.45) is 11.1 Å². The van der Waals surface area contributed by atoms with Crippen LogP contribution in [0.4, 0.5) is 5.69 Å². The third kappa shape index (κ3) is 4.02. The summed E-state index contributed by atoms with van der Waals surface area (Å²) in [6.07, 6.45) is 0. The van der Waals surface area contributed by atoms with E-state index in [1.165, 1.54) is 0 Å². The fourth-order valence-corrected chi connectivity index (χ4v) is 1.15. The third-order valence-corrected chi connectivity index (χ3v) is 1.97. The van der Waals surface area contributed by atoms with Gasteiger partial charge in [-0.05, 0) is 23.6 Å². The Hall–Kier alpha value is -1.51.